The second kappa shape index (κ2) is 7.88. The monoisotopic (exact) mass is 381 g/mol. The van der Waals surface area contributed by atoms with E-state index in [-0.39, 0.29) is 17.9 Å². The van der Waals surface area contributed by atoms with Gasteiger partial charge in [0, 0.05) is 24.6 Å². The molecule has 1 aromatic carbocycles. The number of ether oxygens (including phenoxy) is 1. The number of rotatable bonds is 5. The molecule has 0 saturated carbocycles. The van der Waals surface area contributed by atoms with Crippen molar-refractivity contribution in [3.05, 3.63) is 54.3 Å². The summed E-state index contributed by atoms with van der Waals surface area (Å²) in [6.07, 6.45) is 4.86. The zero-order valence-electron chi connectivity index (χ0n) is 16.0. The Balaban J connectivity index is 1.35. The first kappa shape index (κ1) is 18.3. The number of nitrogens with zero attached hydrogens (tertiary/aromatic N) is 3. The van der Waals surface area contributed by atoms with Crippen molar-refractivity contribution >= 4 is 5.91 Å². The molecule has 7 heteroatoms. The molecule has 0 N–H and O–H groups in total. The summed E-state index contributed by atoms with van der Waals surface area (Å²) in [5, 5.41) is 8.28. The summed E-state index contributed by atoms with van der Waals surface area (Å²) in [7, 11) is 0. The number of benzene rings is 1. The van der Waals surface area contributed by atoms with Gasteiger partial charge in [-0.05, 0) is 57.0 Å². The van der Waals surface area contributed by atoms with Crippen LogP contribution in [0.2, 0.25) is 0 Å². The Bertz CT molecular complexity index is 908. The first-order valence-corrected chi connectivity index (χ1v) is 9.52. The second-order valence-electron chi connectivity index (χ2n) is 7.21. The van der Waals surface area contributed by atoms with E-state index in [4.69, 9.17) is 13.6 Å². The molecule has 0 bridgehead atoms. The summed E-state index contributed by atoms with van der Waals surface area (Å²) in [5.74, 6) is 2.07. The van der Waals surface area contributed by atoms with Crippen molar-refractivity contribution in [2.24, 2.45) is 0 Å². The van der Waals surface area contributed by atoms with E-state index in [1.54, 1.807) is 18.6 Å². The molecule has 2 aromatic heterocycles. The van der Waals surface area contributed by atoms with Crippen molar-refractivity contribution in [1.29, 1.82) is 0 Å². The van der Waals surface area contributed by atoms with Crippen LogP contribution in [0, 0.1) is 0 Å². The summed E-state index contributed by atoms with van der Waals surface area (Å²) in [6, 6.07) is 9.12. The summed E-state index contributed by atoms with van der Waals surface area (Å²) in [5.41, 5.74) is 1.45. The Hall–Kier alpha value is -3.09. The average Bonchev–Trinajstić information content (AvgIpc) is 3.39. The minimum atomic E-state index is 0.0409. The highest BCUT2D eigenvalue weighted by Crippen LogP contribution is 2.30. The van der Waals surface area contributed by atoms with Gasteiger partial charge in [0.2, 0.25) is 5.89 Å². The summed E-state index contributed by atoms with van der Waals surface area (Å²) >= 11 is 0. The third-order valence-electron chi connectivity index (χ3n) is 4.81. The molecule has 0 spiro atoms. The van der Waals surface area contributed by atoms with Gasteiger partial charge < -0.3 is 18.5 Å². The van der Waals surface area contributed by atoms with Crippen molar-refractivity contribution < 1.29 is 18.4 Å². The van der Waals surface area contributed by atoms with Crippen molar-refractivity contribution in [2.75, 3.05) is 13.1 Å². The van der Waals surface area contributed by atoms with Crippen molar-refractivity contribution in [2.45, 2.75) is 38.7 Å². The van der Waals surface area contributed by atoms with E-state index >= 15 is 0 Å². The molecule has 1 fully saturated rings. The molecule has 146 valence electrons. The number of amides is 1. The maximum Gasteiger partial charge on any atom is 0.253 e. The van der Waals surface area contributed by atoms with Crippen LogP contribution in [0.1, 0.15) is 48.9 Å². The van der Waals surface area contributed by atoms with Crippen molar-refractivity contribution in [1.82, 2.24) is 15.1 Å². The molecule has 0 atom stereocenters. The van der Waals surface area contributed by atoms with Crippen LogP contribution in [-0.4, -0.2) is 40.2 Å². The van der Waals surface area contributed by atoms with Crippen LogP contribution in [0.3, 0.4) is 0 Å². The lowest BCUT2D eigenvalue weighted by Crippen LogP contribution is -2.38. The predicted octanol–water partition coefficient (Wildman–Crippen LogP) is 4.14. The first-order chi connectivity index (χ1) is 13.6. The Morgan fingerprint density at radius 3 is 2.54 bits per heavy atom. The van der Waals surface area contributed by atoms with Crippen LogP contribution in [-0.2, 0) is 0 Å². The van der Waals surface area contributed by atoms with E-state index in [9.17, 15) is 4.79 Å². The Morgan fingerprint density at radius 1 is 1.14 bits per heavy atom. The molecule has 1 aliphatic rings. The number of likely N-dealkylation sites (tertiary alicyclic amines) is 1. The standard InChI is InChI=1S/C21H23N3O4/c1-14(2)27-18-5-3-16(4-6-18)21(25)24-10-7-15(8-11-24)19-22-23-20(28-19)17-9-12-26-13-17/h3-6,9,12-15H,7-8,10-11H2,1-2H3. The molecule has 1 saturated heterocycles. The summed E-state index contributed by atoms with van der Waals surface area (Å²) < 4.78 is 16.5. The number of carbonyl (C=O) groups is 1. The fraction of sp³-hybridized carbons (Fsp3) is 0.381. The summed E-state index contributed by atoms with van der Waals surface area (Å²) in [6.45, 7) is 5.28. The van der Waals surface area contributed by atoms with Crippen LogP contribution in [0.5, 0.6) is 5.75 Å². The molecular formula is C21H23N3O4. The highest BCUT2D eigenvalue weighted by molar-refractivity contribution is 5.94. The number of hydrogen-bond acceptors (Lipinski definition) is 6. The Morgan fingerprint density at radius 2 is 1.89 bits per heavy atom. The zero-order valence-corrected chi connectivity index (χ0v) is 16.0. The average molecular weight is 381 g/mol. The normalized spacial score (nSPS) is 15.2. The highest BCUT2D eigenvalue weighted by atomic mass is 16.5. The predicted molar refractivity (Wildman–Crippen MR) is 102 cm³/mol. The number of aromatic nitrogens is 2. The molecule has 7 nitrogen and oxygen atoms in total. The van der Waals surface area contributed by atoms with Crippen LogP contribution >= 0.6 is 0 Å². The molecule has 1 amide bonds. The maximum atomic E-state index is 12.8. The molecule has 28 heavy (non-hydrogen) atoms. The quantitative estimate of drug-likeness (QED) is 0.661. The lowest BCUT2D eigenvalue weighted by molar-refractivity contribution is 0.0706. The molecule has 4 rings (SSSR count). The molecule has 3 heterocycles. The number of piperidine rings is 1. The largest absolute Gasteiger partial charge is 0.491 e. The van der Waals surface area contributed by atoms with E-state index in [2.05, 4.69) is 10.2 Å². The van der Waals surface area contributed by atoms with Gasteiger partial charge in [-0.15, -0.1) is 10.2 Å². The SMILES string of the molecule is CC(C)Oc1ccc(C(=O)N2CCC(c3nnc(-c4ccoc4)o3)CC2)cc1. The van der Waals surface area contributed by atoms with E-state index in [1.165, 1.54) is 0 Å². The van der Waals surface area contributed by atoms with E-state index in [0.717, 1.165) is 24.2 Å². The second-order valence-corrected chi connectivity index (χ2v) is 7.21. The lowest BCUT2D eigenvalue weighted by atomic mass is 9.96. The van der Waals surface area contributed by atoms with Crippen LogP contribution in [0.15, 0.2) is 51.7 Å². The number of carbonyl (C=O) groups excluding carboxylic acids is 1. The van der Waals surface area contributed by atoms with E-state index in [0.29, 0.717) is 30.4 Å². The van der Waals surface area contributed by atoms with Gasteiger partial charge >= 0.3 is 0 Å². The third-order valence-corrected chi connectivity index (χ3v) is 4.81. The van der Waals surface area contributed by atoms with Crippen LogP contribution < -0.4 is 4.74 Å². The lowest BCUT2D eigenvalue weighted by Gasteiger charge is -2.30. The molecule has 3 aromatic rings. The van der Waals surface area contributed by atoms with Gasteiger partial charge in [0.1, 0.15) is 12.0 Å². The fourth-order valence-corrected chi connectivity index (χ4v) is 3.36. The first-order valence-electron chi connectivity index (χ1n) is 9.52. The van der Waals surface area contributed by atoms with Crippen molar-refractivity contribution in [3.63, 3.8) is 0 Å². The van der Waals surface area contributed by atoms with Gasteiger partial charge in [-0.25, -0.2) is 0 Å². The van der Waals surface area contributed by atoms with Gasteiger partial charge in [0.15, 0.2) is 0 Å². The van der Waals surface area contributed by atoms with Gasteiger partial charge in [-0.3, -0.25) is 4.79 Å². The van der Waals surface area contributed by atoms with Gasteiger partial charge in [0.25, 0.3) is 11.8 Å². The smallest absolute Gasteiger partial charge is 0.253 e. The maximum absolute atomic E-state index is 12.8. The highest BCUT2D eigenvalue weighted by Gasteiger charge is 2.28. The van der Waals surface area contributed by atoms with Gasteiger partial charge in [-0.1, -0.05) is 0 Å². The molecule has 0 aliphatic carbocycles. The molecule has 1 aliphatic heterocycles. The van der Waals surface area contributed by atoms with Gasteiger partial charge in [0.05, 0.1) is 17.9 Å². The topological polar surface area (TPSA) is 81.6 Å². The molecular weight excluding hydrogens is 358 g/mol. The molecule has 0 unspecified atom stereocenters. The fourth-order valence-electron chi connectivity index (χ4n) is 3.36. The Labute approximate surface area is 163 Å². The van der Waals surface area contributed by atoms with E-state index < -0.39 is 0 Å². The van der Waals surface area contributed by atoms with Gasteiger partial charge in [-0.2, -0.15) is 0 Å². The molecule has 0 radical (unpaired) electrons. The number of furan rings is 1. The van der Waals surface area contributed by atoms with E-state index in [1.807, 2.05) is 43.0 Å². The number of hydrogen-bond donors (Lipinski definition) is 0. The minimum absolute atomic E-state index is 0.0409. The zero-order chi connectivity index (χ0) is 19.5. The Kier molecular flexibility index (Phi) is 5.14. The van der Waals surface area contributed by atoms with Crippen molar-refractivity contribution in [3.8, 4) is 17.2 Å². The summed E-state index contributed by atoms with van der Waals surface area (Å²) in [4.78, 5) is 14.6. The minimum Gasteiger partial charge on any atom is -0.491 e. The van der Waals surface area contributed by atoms with Crippen LogP contribution in [0.25, 0.3) is 11.5 Å². The third kappa shape index (κ3) is 3.93. The van der Waals surface area contributed by atoms with Crippen LogP contribution in [0.4, 0.5) is 0 Å².